The zero-order chi connectivity index (χ0) is 32.5. The minimum Gasteiger partial charge on any atom is -0.330 e. The quantitative estimate of drug-likeness (QED) is 0.149. The van der Waals surface area contributed by atoms with Crippen LogP contribution in [0.5, 0.6) is 0 Å². The molecule has 48 heavy (non-hydrogen) atoms. The van der Waals surface area contributed by atoms with Crippen molar-refractivity contribution in [3.8, 4) is 0 Å². The number of hydrogen-bond donors (Lipinski definition) is 2. The normalized spacial score (nSPS) is 11.5. The van der Waals surface area contributed by atoms with Gasteiger partial charge in [-0.2, -0.15) is 0 Å². The lowest BCUT2D eigenvalue weighted by atomic mass is 9.91. The number of benzene rings is 8. The van der Waals surface area contributed by atoms with Gasteiger partial charge in [-0.05, 0) is 119 Å². The lowest BCUT2D eigenvalue weighted by molar-refractivity contribution is 0.968. The molecular weight excluding hydrogens is 585 g/mol. The molecule has 0 spiro atoms. The Labute approximate surface area is 281 Å². The summed E-state index contributed by atoms with van der Waals surface area (Å²) in [7, 11) is 0. The van der Waals surface area contributed by atoms with E-state index in [0.717, 1.165) is 47.0 Å². The molecule has 0 saturated carbocycles. The summed E-state index contributed by atoms with van der Waals surface area (Å²) in [5, 5.41) is 7.44. The largest absolute Gasteiger partial charge is 0.330 e. The summed E-state index contributed by atoms with van der Waals surface area (Å²) in [5.41, 5.74) is 21.0. The SMILES string of the molecule is NCCc1ccc(N(c2ccccc2)c2ccc3ccc4c(N(c5ccccc5)c5ccc(CCN)cc5)ccc5ccc2c3c54)cc1. The summed E-state index contributed by atoms with van der Waals surface area (Å²) in [5.74, 6) is 0. The van der Waals surface area contributed by atoms with Crippen LogP contribution in [0.15, 0.2) is 158 Å². The van der Waals surface area contributed by atoms with Crippen LogP contribution in [0.2, 0.25) is 0 Å². The molecule has 0 fully saturated rings. The number of para-hydroxylation sites is 2. The average molecular weight is 623 g/mol. The van der Waals surface area contributed by atoms with E-state index in [1.54, 1.807) is 0 Å². The molecule has 8 aromatic rings. The Bertz CT molecular complexity index is 2130. The number of rotatable bonds is 10. The highest BCUT2D eigenvalue weighted by atomic mass is 15.1. The second kappa shape index (κ2) is 12.8. The second-order valence-electron chi connectivity index (χ2n) is 12.3. The Hall–Kier alpha value is -5.68. The van der Waals surface area contributed by atoms with Gasteiger partial charge in [-0.25, -0.2) is 0 Å². The molecule has 0 unspecified atom stereocenters. The summed E-state index contributed by atoms with van der Waals surface area (Å²) in [6.45, 7) is 1.28. The third-order valence-electron chi connectivity index (χ3n) is 9.38. The van der Waals surface area contributed by atoms with Gasteiger partial charge < -0.3 is 21.3 Å². The van der Waals surface area contributed by atoms with E-state index in [0.29, 0.717) is 13.1 Å². The van der Waals surface area contributed by atoms with Crippen LogP contribution >= 0.6 is 0 Å². The van der Waals surface area contributed by atoms with Gasteiger partial charge in [0.15, 0.2) is 0 Å². The molecule has 0 aromatic heterocycles. The van der Waals surface area contributed by atoms with Crippen molar-refractivity contribution < 1.29 is 0 Å². The predicted molar refractivity (Wildman–Crippen MR) is 205 cm³/mol. The molecule has 0 amide bonds. The van der Waals surface area contributed by atoms with Crippen LogP contribution < -0.4 is 21.3 Å². The monoisotopic (exact) mass is 622 g/mol. The Balaban J connectivity index is 1.35. The van der Waals surface area contributed by atoms with Gasteiger partial charge in [0.25, 0.3) is 0 Å². The lowest BCUT2D eigenvalue weighted by Crippen LogP contribution is -2.12. The summed E-state index contributed by atoms with van der Waals surface area (Å²) in [4.78, 5) is 4.75. The molecule has 0 heterocycles. The third-order valence-corrected chi connectivity index (χ3v) is 9.38. The van der Waals surface area contributed by atoms with E-state index < -0.39 is 0 Å². The van der Waals surface area contributed by atoms with Crippen molar-refractivity contribution in [3.63, 3.8) is 0 Å². The summed E-state index contributed by atoms with van der Waals surface area (Å²) in [6.07, 6.45) is 1.73. The van der Waals surface area contributed by atoms with Crippen molar-refractivity contribution in [2.75, 3.05) is 22.9 Å². The topological polar surface area (TPSA) is 58.5 Å². The molecule has 0 aliphatic rings. The van der Waals surface area contributed by atoms with Crippen molar-refractivity contribution in [2.45, 2.75) is 12.8 Å². The van der Waals surface area contributed by atoms with Gasteiger partial charge in [0.1, 0.15) is 0 Å². The fourth-order valence-electron chi connectivity index (χ4n) is 7.13. The molecule has 0 saturated heterocycles. The van der Waals surface area contributed by atoms with Gasteiger partial charge in [-0.15, -0.1) is 0 Å². The molecule has 4 N–H and O–H groups in total. The maximum atomic E-state index is 5.87. The van der Waals surface area contributed by atoms with Crippen LogP contribution in [0.3, 0.4) is 0 Å². The molecule has 0 aliphatic carbocycles. The van der Waals surface area contributed by atoms with Gasteiger partial charge in [-0.3, -0.25) is 0 Å². The Morgan fingerprint density at radius 2 is 0.708 bits per heavy atom. The maximum Gasteiger partial charge on any atom is 0.0540 e. The van der Waals surface area contributed by atoms with Crippen molar-refractivity contribution in [2.24, 2.45) is 11.5 Å². The van der Waals surface area contributed by atoms with Crippen LogP contribution in [0.1, 0.15) is 11.1 Å². The van der Waals surface area contributed by atoms with E-state index in [4.69, 9.17) is 11.5 Å². The maximum absolute atomic E-state index is 5.87. The van der Waals surface area contributed by atoms with E-state index in [9.17, 15) is 0 Å². The zero-order valence-corrected chi connectivity index (χ0v) is 26.9. The minimum absolute atomic E-state index is 0.639. The van der Waals surface area contributed by atoms with Gasteiger partial charge >= 0.3 is 0 Å². The standard InChI is InChI=1S/C44H38N4/c45-29-27-31-11-19-37(20-12-31)47(35-7-3-1-4-8-35)41-25-17-33-16-24-40-42(26-18-34-15-23-39(41)43(33)44(34)40)48(36-9-5-2-6-10-36)38-21-13-32(14-22-38)28-30-46/h1-26H,27-30,45-46H2. The Kier molecular flexibility index (Phi) is 7.95. The lowest BCUT2D eigenvalue weighted by Gasteiger charge is -2.29. The first-order valence-electron chi connectivity index (χ1n) is 16.7. The van der Waals surface area contributed by atoms with Crippen LogP contribution in [-0.2, 0) is 12.8 Å². The van der Waals surface area contributed by atoms with Gasteiger partial charge in [0, 0.05) is 33.5 Å². The first-order valence-corrected chi connectivity index (χ1v) is 16.7. The zero-order valence-electron chi connectivity index (χ0n) is 26.9. The third kappa shape index (κ3) is 5.31. The van der Waals surface area contributed by atoms with E-state index in [1.807, 2.05) is 0 Å². The van der Waals surface area contributed by atoms with Crippen LogP contribution in [0, 0.1) is 0 Å². The highest BCUT2D eigenvalue weighted by Crippen LogP contribution is 2.47. The average Bonchev–Trinajstić information content (AvgIpc) is 3.14. The van der Waals surface area contributed by atoms with Crippen molar-refractivity contribution in [1.82, 2.24) is 0 Å². The number of anilines is 6. The highest BCUT2D eigenvalue weighted by molar-refractivity contribution is 6.28. The highest BCUT2D eigenvalue weighted by Gasteiger charge is 2.21. The number of nitrogens with two attached hydrogens (primary N) is 2. The van der Waals surface area contributed by atoms with E-state index in [1.165, 1.54) is 43.4 Å². The van der Waals surface area contributed by atoms with E-state index in [-0.39, 0.29) is 0 Å². The molecule has 0 radical (unpaired) electrons. The van der Waals surface area contributed by atoms with Crippen molar-refractivity contribution in [1.29, 1.82) is 0 Å². The molecule has 0 aliphatic heterocycles. The Morgan fingerprint density at radius 1 is 0.354 bits per heavy atom. The summed E-state index contributed by atoms with van der Waals surface area (Å²) >= 11 is 0. The predicted octanol–water partition coefficient (Wildman–Crippen LogP) is 10.5. The fraction of sp³-hybridized carbons (Fsp3) is 0.0909. The smallest absolute Gasteiger partial charge is 0.0540 e. The first-order chi connectivity index (χ1) is 23.7. The van der Waals surface area contributed by atoms with Crippen LogP contribution in [0.4, 0.5) is 34.1 Å². The molecule has 8 rings (SSSR count). The van der Waals surface area contributed by atoms with Gasteiger partial charge in [-0.1, -0.05) is 97.1 Å². The van der Waals surface area contributed by atoms with Crippen molar-refractivity contribution >= 4 is 66.4 Å². The van der Waals surface area contributed by atoms with E-state index >= 15 is 0 Å². The molecule has 0 bridgehead atoms. The summed E-state index contributed by atoms with van der Waals surface area (Å²) in [6, 6.07) is 57.1. The minimum atomic E-state index is 0.639. The molecule has 4 heteroatoms. The fourth-order valence-corrected chi connectivity index (χ4v) is 7.13. The molecule has 8 aromatic carbocycles. The van der Waals surface area contributed by atoms with Gasteiger partial charge in [0.05, 0.1) is 11.4 Å². The molecule has 0 atom stereocenters. The summed E-state index contributed by atoms with van der Waals surface area (Å²) < 4.78 is 0. The van der Waals surface area contributed by atoms with Gasteiger partial charge in [0.2, 0.25) is 0 Å². The Morgan fingerprint density at radius 3 is 1.08 bits per heavy atom. The van der Waals surface area contributed by atoms with Crippen LogP contribution in [0.25, 0.3) is 32.3 Å². The molecular formula is C44H38N4. The van der Waals surface area contributed by atoms with E-state index in [2.05, 4.69) is 168 Å². The van der Waals surface area contributed by atoms with Crippen LogP contribution in [-0.4, -0.2) is 13.1 Å². The van der Waals surface area contributed by atoms with Crippen molar-refractivity contribution in [3.05, 3.63) is 169 Å². The molecule has 234 valence electrons. The number of hydrogen-bond acceptors (Lipinski definition) is 4. The molecule has 4 nitrogen and oxygen atoms in total. The second-order valence-corrected chi connectivity index (χ2v) is 12.3. The first kappa shape index (κ1) is 29.7. The number of nitrogens with zero attached hydrogens (tertiary/aromatic N) is 2.